The predicted octanol–water partition coefficient (Wildman–Crippen LogP) is 5.92. The molecule has 1 N–H and O–H groups in total. The first kappa shape index (κ1) is 19.2. The number of fused-ring (bicyclic) bond motifs is 1. The van der Waals surface area contributed by atoms with Crippen molar-refractivity contribution in [2.45, 2.75) is 26.2 Å². The van der Waals surface area contributed by atoms with E-state index in [-0.39, 0.29) is 5.91 Å². The maximum atomic E-state index is 13.3. The Hall–Kier alpha value is -3.16. The molecule has 0 spiro atoms. The summed E-state index contributed by atoms with van der Waals surface area (Å²) in [7, 11) is 0. The second kappa shape index (κ2) is 8.46. The summed E-state index contributed by atoms with van der Waals surface area (Å²) in [5, 5.41) is 13.4. The van der Waals surface area contributed by atoms with Gasteiger partial charge in [-0.1, -0.05) is 67.6 Å². The van der Waals surface area contributed by atoms with E-state index in [0.717, 1.165) is 36.0 Å². The number of carbonyl (C=O) groups is 1. The van der Waals surface area contributed by atoms with E-state index in [0.29, 0.717) is 22.1 Å². The highest BCUT2D eigenvalue weighted by Gasteiger charge is 2.25. The van der Waals surface area contributed by atoms with Gasteiger partial charge in [0.25, 0.3) is 5.91 Å². The molecule has 0 aliphatic heterocycles. The number of hydrogen-bond donors (Lipinski definition) is 1. The summed E-state index contributed by atoms with van der Waals surface area (Å²) >= 11 is 1.56. The number of amides is 1. The molecule has 2 aromatic carbocycles. The second-order valence-corrected chi connectivity index (χ2v) is 8.56. The van der Waals surface area contributed by atoms with Gasteiger partial charge in [0.15, 0.2) is 0 Å². The van der Waals surface area contributed by atoms with Crippen molar-refractivity contribution in [1.82, 2.24) is 0 Å². The number of anilines is 1. The number of rotatable bonds is 4. The van der Waals surface area contributed by atoms with Gasteiger partial charge in [0, 0.05) is 10.5 Å². The van der Waals surface area contributed by atoms with Gasteiger partial charge in [-0.3, -0.25) is 4.79 Å². The quantitative estimate of drug-likeness (QED) is 0.438. The van der Waals surface area contributed by atoms with Crippen LogP contribution >= 0.6 is 11.3 Å². The normalized spacial score (nSPS) is 16.0. The number of nitriles is 1. The number of nitrogens with zero attached hydrogens (tertiary/aromatic N) is 1. The lowest BCUT2D eigenvalue weighted by Crippen LogP contribution is -2.14. The van der Waals surface area contributed by atoms with E-state index in [1.807, 2.05) is 66.7 Å². The minimum absolute atomic E-state index is 0.191. The Kier molecular flexibility index (Phi) is 5.59. The van der Waals surface area contributed by atoms with Crippen LogP contribution in [0.5, 0.6) is 0 Å². The van der Waals surface area contributed by atoms with Crippen molar-refractivity contribution in [3.63, 3.8) is 0 Å². The second-order valence-electron chi connectivity index (χ2n) is 7.46. The van der Waals surface area contributed by atoms with Crippen molar-refractivity contribution >= 4 is 33.9 Å². The highest BCUT2D eigenvalue weighted by atomic mass is 32.1. The fourth-order valence-electron chi connectivity index (χ4n) is 3.74. The molecular formula is C25H22N2OS. The average Bonchev–Trinajstić information content (AvgIpc) is 3.09. The lowest BCUT2D eigenvalue weighted by atomic mass is 9.88. The van der Waals surface area contributed by atoms with Crippen molar-refractivity contribution in [2.75, 3.05) is 5.32 Å². The van der Waals surface area contributed by atoms with Gasteiger partial charge >= 0.3 is 0 Å². The molecule has 0 saturated carbocycles. The molecule has 0 bridgehead atoms. The van der Waals surface area contributed by atoms with Crippen LogP contribution in [0.15, 0.2) is 60.7 Å². The Morgan fingerprint density at radius 2 is 1.83 bits per heavy atom. The third kappa shape index (κ3) is 4.16. The molecule has 1 heterocycles. The van der Waals surface area contributed by atoms with Gasteiger partial charge in [0.2, 0.25) is 0 Å². The lowest BCUT2D eigenvalue weighted by molar-refractivity contribution is -0.111. The molecule has 4 heteroatoms. The highest BCUT2D eigenvalue weighted by molar-refractivity contribution is 7.16. The van der Waals surface area contributed by atoms with Crippen LogP contribution in [-0.2, 0) is 17.6 Å². The first-order valence-corrected chi connectivity index (χ1v) is 10.7. The van der Waals surface area contributed by atoms with E-state index in [1.54, 1.807) is 11.3 Å². The number of nitrogens with one attached hydrogen (secondary N) is 1. The Morgan fingerprint density at radius 1 is 1.14 bits per heavy atom. The van der Waals surface area contributed by atoms with Crippen molar-refractivity contribution in [1.29, 1.82) is 5.26 Å². The van der Waals surface area contributed by atoms with Crippen LogP contribution in [0, 0.1) is 17.2 Å². The smallest absolute Gasteiger partial charge is 0.256 e. The zero-order valence-corrected chi connectivity index (χ0v) is 17.1. The number of benzene rings is 2. The van der Waals surface area contributed by atoms with Crippen LogP contribution in [-0.4, -0.2) is 5.91 Å². The van der Waals surface area contributed by atoms with E-state index in [2.05, 4.69) is 18.3 Å². The predicted molar refractivity (Wildman–Crippen MR) is 120 cm³/mol. The largest absolute Gasteiger partial charge is 0.312 e. The molecule has 0 radical (unpaired) electrons. The van der Waals surface area contributed by atoms with Crippen LogP contribution in [0.25, 0.3) is 11.6 Å². The lowest BCUT2D eigenvalue weighted by Gasteiger charge is -2.17. The van der Waals surface area contributed by atoms with Gasteiger partial charge in [-0.15, -0.1) is 11.3 Å². The molecule has 3 nitrogen and oxygen atoms in total. The van der Waals surface area contributed by atoms with Crippen molar-refractivity contribution in [3.8, 4) is 6.07 Å². The number of hydrogen-bond acceptors (Lipinski definition) is 3. The van der Waals surface area contributed by atoms with E-state index in [9.17, 15) is 10.1 Å². The van der Waals surface area contributed by atoms with Crippen LogP contribution in [0.1, 0.15) is 40.5 Å². The molecule has 3 aromatic rings. The summed E-state index contributed by atoms with van der Waals surface area (Å²) in [6.45, 7) is 2.24. The first-order valence-electron chi connectivity index (χ1n) is 9.84. The monoisotopic (exact) mass is 398 g/mol. The molecule has 1 aliphatic carbocycles. The summed E-state index contributed by atoms with van der Waals surface area (Å²) < 4.78 is 0. The van der Waals surface area contributed by atoms with Crippen molar-refractivity contribution in [3.05, 3.63) is 87.8 Å². The van der Waals surface area contributed by atoms with Gasteiger partial charge in [-0.25, -0.2) is 0 Å². The third-order valence-corrected chi connectivity index (χ3v) is 6.46. The molecule has 1 amide bonds. The molecule has 1 aliphatic rings. The van der Waals surface area contributed by atoms with Gasteiger partial charge in [-0.05, 0) is 47.9 Å². The number of carbonyl (C=O) groups excluding carboxylic acids is 1. The van der Waals surface area contributed by atoms with Crippen molar-refractivity contribution in [2.24, 2.45) is 5.92 Å². The van der Waals surface area contributed by atoms with E-state index >= 15 is 0 Å². The molecule has 144 valence electrons. The van der Waals surface area contributed by atoms with Gasteiger partial charge in [0.1, 0.15) is 11.1 Å². The summed E-state index contributed by atoms with van der Waals surface area (Å²) in [6.07, 6.45) is 4.88. The van der Waals surface area contributed by atoms with E-state index in [1.165, 1.54) is 4.88 Å². The van der Waals surface area contributed by atoms with Crippen LogP contribution < -0.4 is 5.32 Å². The Bertz CT molecular complexity index is 1090. The standard InChI is InChI=1S/C25H22N2OS/c1-17-12-13-20-22(16-26)25(29-23(20)14-17)27-24(28)21(19-10-6-3-7-11-19)15-18-8-4-2-5-9-18/h2-11,15,17H,12-14H2,1H3,(H,27,28). The Balaban J connectivity index is 1.70. The van der Waals surface area contributed by atoms with Gasteiger partial charge < -0.3 is 5.32 Å². The fraction of sp³-hybridized carbons (Fsp3) is 0.200. The zero-order valence-electron chi connectivity index (χ0n) is 16.3. The topological polar surface area (TPSA) is 52.9 Å². The Labute approximate surface area is 175 Å². The molecule has 0 fully saturated rings. The van der Waals surface area contributed by atoms with E-state index < -0.39 is 0 Å². The Morgan fingerprint density at radius 3 is 2.52 bits per heavy atom. The molecule has 29 heavy (non-hydrogen) atoms. The summed E-state index contributed by atoms with van der Waals surface area (Å²) in [5.41, 5.74) is 4.15. The van der Waals surface area contributed by atoms with Gasteiger partial charge in [0.05, 0.1) is 5.56 Å². The summed E-state index contributed by atoms with van der Waals surface area (Å²) in [6, 6.07) is 21.8. The van der Waals surface area contributed by atoms with Crippen molar-refractivity contribution < 1.29 is 4.79 Å². The van der Waals surface area contributed by atoms with Crippen LogP contribution in [0.3, 0.4) is 0 Å². The maximum absolute atomic E-state index is 13.3. The maximum Gasteiger partial charge on any atom is 0.256 e. The molecule has 1 unspecified atom stereocenters. The summed E-state index contributed by atoms with van der Waals surface area (Å²) in [4.78, 5) is 14.5. The van der Waals surface area contributed by atoms with Crippen LogP contribution in [0.2, 0.25) is 0 Å². The molecule has 1 atom stereocenters. The third-order valence-electron chi connectivity index (χ3n) is 5.29. The average molecular weight is 399 g/mol. The fourth-order valence-corrected chi connectivity index (χ4v) is 5.10. The van der Waals surface area contributed by atoms with Gasteiger partial charge in [-0.2, -0.15) is 5.26 Å². The first-order chi connectivity index (χ1) is 14.2. The molecule has 1 aromatic heterocycles. The highest BCUT2D eigenvalue weighted by Crippen LogP contribution is 2.39. The van der Waals surface area contributed by atoms with Crippen LogP contribution in [0.4, 0.5) is 5.00 Å². The minimum Gasteiger partial charge on any atom is -0.312 e. The number of thiophene rings is 1. The SMILES string of the molecule is CC1CCc2c(sc(NC(=O)C(=Cc3ccccc3)c3ccccc3)c2C#N)C1. The van der Waals surface area contributed by atoms with E-state index in [4.69, 9.17) is 0 Å². The molecular weight excluding hydrogens is 376 g/mol. The molecule has 0 saturated heterocycles. The minimum atomic E-state index is -0.191. The zero-order chi connectivity index (χ0) is 20.2. The molecule has 4 rings (SSSR count). The summed E-state index contributed by atoms with van der Waals surface area (Å²) in [5.74, 6) is 0.428.